The molecule has 0 saturated heterocycles. The number of allylic oxidation sites excluding steroid dienone is 1. The van der Waals surface area contributed by atoms with E-state index in [2.05, 4.69) is 0 Å². The van der Waals surface area contributed by atoms with Crippen LogP contribution in [0.15, 0.2) is 58.3 Å². The maximum absolute atomic E-state index is 12.6. The Kier molecular flexibility index (Phi) is 5.20. The zero-order valence-electron chi connectivity index (χ0n) is 13.0. The fourth-order valence-electron chi connectivity index (χ4n) is 2.04. The molecular formula is C18H17NO3S. The molecule has 0 bridgehead atoms. The summed E-state index contributed by atoms with van der Waals surface area (Å²) in [7, 11) is -3.85. The molecule has 0 aromatic heterocycles. The summed E-state index contributed by atoms with van der Waals surface area (Å²) >= 11 is 0. The van der Waals surface area contributed by atoms with Crippen LogP contribution in [-0.4, -0.2) is 15.0 Å². The first kappa shape index (κ1) is 16.8. The average molecular weight is 327 g/mol. The predicted molar refractivity (Wildman–Crippen MR) is 89.6 cm³/mol. The number of sulfone groups is 1. The third-order valence-corrected chi connectivity index (χ3v) is 4.92. The van der Waals surface area contributed by atoms with Crippen molar-refractivity contribution in [3.8, 4) is 11.8 Å². The van der Waals surface area contributed by atoms with E-state index in [9.17, 15) is 13.7 Å². The first-order chi connectivity index (χ1) is 11.0. The molecule has 0 saturated carbocycles. The summed E-state index contributed by atoms with van der Waals surface area (Å²) in [5, 5.41) is 9.32. The third-order valence-electron chi connectivity index (χ3n) is 3.24. The molecule has 2 rings (SSSR count). The van der Waals surface area contributed by atoms with Crippen molar-refractivity contribution in [3.63, 3.8) is 0 Å². The Hall–Kier alpha value is -2.58. The highest BCUT2D eigenvalue weighted by atomic mass is 32.2. The monoisotopic (exact) mass is 327 g/mol. The number of hydrogen-bond donors (Lipinski definition) is 0. The minimum Gasteiger partial charge on any atom is -0.493 e. The van der Waals surface area contributed by atoms with Gasteiger partial charge in [0.2, 0.25) is 9.84 Å². The highest BCUT2D eigenvalue weighted by Gasteiger charge is 2.21. The van der Waals surface area contributed by atoms with Gasteiger partial charge in [0.25, 0.3) is 0 Å². The minimum atomic E-state index is -3.85. The van der Waals surface area contributed by atoms with Crippen molar-refractivity contribution < 1.29 is 13.2 Å². The van der Waals surface area contributed by atoms with Crippen LogP contribution in [-0.2, 0) is 9.84 Å². The minimum absolute atomic E-state index is 0.102. The van der Waals surface area contributed by atoms with E-state index < -0.39 is 9.84 Å². The van der Waals surface area contributed by atoms with Gasteiger partial charge in [0.05, 0.1) is 11.5 Å². The maximum atomic E-state index is 12.6. The SMILES string of the molecule is CCOc1ccccc1/C=C(/C#N)S(=O)(=O)c1ccc(C)cc1. The maximum Gasteiger partial charge on any atom is 0.216 e. The van der Waals surface area contributed by atoms with E-state index in [4.69, 9.17) is 4.74 Å². The van der Waals surface area contributed by atoms with E-state index in [0.29, 0.717) is 17.9 Å². The summed E-state index contributed by atoms with van der Waals surface area (Å²) in [5.74, 6) is 0.543. The number of aryl methyl sites for hydroxylation is 1. The van der Waals surface area contributed by atoms with Crippen LogP contribution in [0.3, 0.4) is 0 Å². The molecule has 118 valence electrons. The lowest BCUT2D eigenvalue weighted by atomic mass is 10.2. The van der Waals surface area contributed by atoms with Gasteiger partial charge in [-0.25, -0.2) is 8.42 Å². The van der Waals surface area contributed by atoms with Gasteiger partial charge in [0.1, 0.15) is 16.7 Å². The number of rotatable bonds is 5. The number of nitriles is 1. The molecule has 0 amide bonds. The smallest absolute Gasteiger partial charge is 0.216 e. The molecule has 0 aliphatic rings. The normalized spacial score (nSPS) is 11.8. The third kappa shape index (κ3) is 3.79. The van der Waals surface area contributed by atoms with Crippen molar-refractivity contribution in [2.24, 2.45) is 0 Å². The Balaban J connectivity index is 2.51. The Morgan fingerprint density at radius 1 is 1.17 bits per heavy atom. The van der Waals surface area contributed by atoms with E-state index in [0.717, 1.165) is 5.56 Å². The van der Waals surface area contributed by atoms with E-state index in [1.165, 1.54) is 18.2 Å². The van der Waals surface area contributed by atoms with Crippen molar-refractivity contribution in [1.29, 1.82) is 5.26 Å². The summed E-state index contributed by atoms with van der Waals surface area (Å²) in [4.78, 5) is -0.210. The number of para-hydroxylation sites is 1. The fourth-order valence-corrected chi connectivity index (χ4v) is 3.19. The second-order valence-electron chi connectivity index (χ2n) is 4.91. The van der Waals surface area contributed by atoms with E-state index >= 15 is 0 Å². The summed E-state index contributed by atoms with van der Waals surface area (Å²) < 4.78 is 30.7. The van der Waals surface area contributed by atoms with Crippen LogP contribution in [0.1, 0.15) is 18.1 Å². The predicted octanol–water partition coefficient (Wildman–Crippen LogP) is 3.73. The molecule has 23 heavy (non-hydrogen) atoms. The Labute approximate surface area is 136 Å². The molecule has 0 N–H and O–H groups in total. The van der Waals surface area contributed by atoms with Crippen LogP contribution in [0.2, 0.25) is 0 Å². The number of hydrogen-bond acceptors (Lipinski definition) is 4. The van der Waals surface area contributed by atoms with E-state index in [1.807, 2.05) is 13.8 Å². The van der Waals surface area contributed by atoms with Gasteiger partial charge in [0.15, 0.2) is 0 Å². The highest BCUT2D eigenvalue weighted by molar-refractivity contribution is 7.95. The molecule has 0 radical (unpaired) electrons. The van der Waals surface area contributed by atoms with E-state index in [-0.39, 0.29) is 9.80 Å². The summed E-state index contributed by atoms with van der Waals surface area (Å²) in [6, 6.07) is 15.2. The lowest BCUT2D eigenvalue weighted by Crippen LogP contribution is -2.04. The van der Waals surface area contributed by atoms with Crippen molar-refractivity contribution in [2.75, 3.05) is 6.61 Å². The zero-order valence-corrected chi connectivity index (χ0v) is 13.8. The molecule has 2 aromatic carbocycles. The zero-order chi connectivity index (χ0) is 16.9. The first-order valence-electron chi connectivity index (χ1n) is 7.14. The number of ether oxygens (including phenoxy) is 1. The van der Waals surface area contributed by atoms with Crippen LogP contribution in [0, 0.1) is 18.3 Å². The van der Waals surface area contributed by atoms with Crippen LogP contribution in [0.25, 0.3) is 6.08 Å². The van der Waals surface area contributed by atoms with Crippen molar-refractivity contribution >= 4 is 15.9 Å². The van der Waals surface area contributed by atoms with Gasteiger partial charge in [-0.2, -0.15) is 5.26 Å². The molecule has 0 aliphatic heterocycles. The molecule has 2 aromatic rings. The summed E-state index contributed by atoms with van der Waals surface area (Å²) in [5.41, 5.74) is 1.51. The summed E-state index contributed by atoms with van der Waals surface area (Å²) in [6.07, 6.45) is 1.35. The Bertz CT molecular complexity index is 860. The van der Waals surface area contributed by atoms with E-state index in [1.54, 1.807) is 42.5 Å². The van der Waals surface area contributed by atoms with Crippen molar-refractivity contribution in [1.82, 2.24) is 0 Å². The standard InChI is InChI=1S/C18H17NO3S/c1-3-22-18-7-5-4-6-15(18)12-17(13-19)23(20,21)16-10-8-14(2)9-11-16/h4-12H,3H2,1-2H3/b17-12-. The molecule has 0 aliphatic carbocycles. The lowest BCUT2D eigenvalue weighted by Gasteiger charge is -2.08. The molecule has 0 atom stereocenters. The van der Waals surface area contributed by atoms with Gasteiger partial charge < -0.3 is 4.74 Å². The van der Waals surface area contributed by atoms with Crippen molar-refractivity contribution in [2.45, 2.75) is 18.7 Å². The van der Waals surface area contributed by atoms with Gasteiger partial charge >= 0.3 is 0 Å². The Morgan fingerprint density at radius 2 is 1.83 bits per heavy atom. The van der Waals surface area contributed by atoms with Crippen LogP contribution in [0.4, 0.5) is 0 Å². The number of benzene rings is 2. The van der Waals surface area contributed by atoms with Gasteiger partial charge in [-0.3, -0.25) is 0 Å². The second kappa shape index (κ2) is 7.12. The molecule has 0 heterocycles. The largest absolute Gasteiger partial charge is 0.493 e. The molecule has 0 spiro atoms. The molecule has 0 fully saturated rings. The Morgan fingerprint density at radius 3 is 2.43 bits per heavy atom. The quantitative estimate of drug-likeness (QED) is 0.785. The lowest BCUT2D eigenvalue weighted by molar-refractivity contribution is 0.339. The first-order valence-corrected chi connectivity index (χ1v) is 8.62. The van der Waals surface area contributed by atoms with Crippen molar-refractivity contribution in [3.05, 3.63) is 64.6 Å². The van der Waals surface area contributed by atoms with Gasteiger partial charge in [-0.15, -0.1) is 0 Å². The summed E-state index contributed by atoms with van der Waals surface area (Å²) in [6.45, 7) is 4.17. The molecule has 4 nitrogen and oxygen atoms in total. The molecular weight excluding hydrogens is 310 g/mol. The molecule has 0 unspecified atom stereocenters. The van der Waals surface area contributed by atoms with Gasteiger partial charge in [-0.1, -0.05) is 35.9 Å². The molecule has 5 heteroatoms. The van der Waals surface area contributed by atoms with Crippen LogP contribution >= 0.6 is 0 Å². The van der Waals surface area contributed by atoms with Gasteiger partial charge in [0, 0.05) is 5.56 Å². The number of nitrogens with zero attached hydrogens (tertiary/aromatic N) is 1. The topological polar surface area (TPSA) is 67.2 Å². The fraction of sp³-hybridized carbons (Fsp3) is 0.167. The van der Waals surface area contributed by atoms with Gasteiger partial charge in [-0.05, 0) is 38.1 Å². The highest BCUT2D eigenvalue weighted by Crippen LogP contribution is 2.25. The second-order valence-corrected chi connectivity index (χ2v) is 6.83. The van der Waals surface area contributed by atoms with Crippen LogP contribution < -0.4 is 4.74 Å². The average Bonchev–Trinajstić information content (AvgIpc) is 2.54. The van der Waals surface area contributed by atoms with Crippen LogP contribution in [0.5, 0.6) is 5.75 Å².